The maximum absolute atomic E-state index is 12.1. The lowest BCUT2D eigenvalue weighted by Crippen LogP contribution is -2.42. The molecule has 0 fully saturated rings. The minimum Gasteiger partial charge on any atom is -0.355 e. The Morgan fingerprint density at radius 3 is 2.50 bits per heavy atom. The summed E-state index contributed by atoms with van der Waals surface area (Å²) >= 11 is 1.66. The molecule has 0 amide bonds. The molecule has 0 unspecified atom stereocenters. The fraction of sp³-hybridized carbons (Fsp3) is 0.643. The lowest BCUT2D eigenvalue weighted by molar-refractivity contribution is 0.479. The fourth-order valence-electron chi connectivity index (χ4n) is 1.72. The molecule has 22 heavy (non-hydrogen) atoms. The van der Waals surface area contributed by atoms with Gasteiger partial charge in [0.05, 0.1) is 10.5 Å². The predicted octanol–water partition coefficient (Wildman–Crippen LogP) is 2.59. The van der Waals surface area contributed by atoms with E-state index in [1.54, 1.807) is 39.2 Å². The summed E-state index contributed by atoms with van der Waals surface area (Å²) in [6, 6.07) is 2.07. The number of hydrogen-bond acceptors (Lipinski definition) is 4. The summed E-state index contributed by atoms with van der Waals surface area (Å²) in [5, 5.41) is 7.24. The molecule has 0 spiro atoms. The van der Waals surface area contributed by atoms with Gasteiger partial charge >= 0.3 is 0 Å². The van der Waals surface area contributed by atoms with Gasteiger partial charge in [-0.2, -0.15) is 11.3 Å². The molecule has 128 valence electrons. The number of thiophene rings is 1. The molecule has 0 radical (unpaired) electrons. The number of rotatable bonds is 5. The van der Waals surface area contributed by atoms with Gasteiger partial charge in [0.25, 0.3) is 0 Å². The topological polar surface area (TPSA) is 61.8 Å². The van der Waals surface area contributed by atoms with E-state index in [4.69, 9.17) is 0 Å². The first-order chi connectivity index (χ1) is 9.67. The highest BCUT2D eigenvalue weighted by Gasteiger charge is 2.28. The second-order valence-electron chi connectivity index (χ2n) is 5.89. The summed E-state index contributed by atoms with van der Waals surface area (Å²) in [5.41, 5.74) is 1.22. The molecular weight excluding hydrogens is 433 g/mol. The zero-order chi connectivity index (χ0) is 16.1. The van der Waals surface area contributed by atoms with Crippen molar-refractivity contribution in [2.24, 2.45) is 4.99 Å². The number of halogens is 1. The molecule has 0 atom stereocenters. The molecule has 1 aromatic rings. The number of hydrogen-bond donors (Lipinski definition) is 1. The van der Waals surface area contributed by atoms with E-state index >= 15 is 0 Å². The van der Waals surface area contributed by atoms with Crippen LogP contribution >= 0.6 is 35.3 Å². The van der Waals surface area contributed by atoms with Crippen molar-refractivity contribution in [2.45, 2.75) is 32.1 Å². The smallest absolute Gasteiger partial charge is 0.193 e. The van der Waals surface area contributed by atoms with E-state index < -0.39 is 14.6 Å². The van der Waals surface area contributed by atoms with Gasteiger partial charge in [-0.1, -0.05) is 0 Å². The minimum absolute atomic E-state index is 0. The summed E-state index contributed by atoms with van der Waals surface area (Å²) in [5.74, 6) is 0.798. The van der Waals surface area contributed by atoms with Crippen LogP contribution in [0, 0.1) is 0 Å². The van der Waals surface area contributed by atoms with Gasteiger partial charge in [-0.3, -0.25) is 4.99 Å². The molecule has 1 heterocycles. The number of nitrogens with one attached hydrogen (secondary N) is 1. The summed E-state index contributed by atoms with van der Waals surface area (Å²) in [7, 11) is 0.523. The van der Waals surface area contributed by atoms with E-state index in [1.807, 2.05) is 17.3 Å². The maximum Gasteiger partial charge on any atom is 0.193 e. The van der Waals surface area contributed by atoms with E-state index in [-0.39, 0.29) is 29.7 Å². The number of aliphatic imine (C=N–C) groups is 1. The summed E-state index contributed by atoms with van der Waals surface area (Å²) in [6.07, 6.45) is 0. The Morgan fingerprint density at radius 1 is 1.41 bits per heavy atom. The second kappa shape index (κ2) is 9.07. The van der Waals surface area contributed by atoms with Crippen LogP contribution in [0.4, 0.5) is 0 Å². The highest BCUT2D eigenvalue weighted by molar-refractivity contribution is 14.0. The van der Waals surface area contributed by atoms with E-state index in [0.717, 1.165) is 6.54 Å². The quantitative estimate of drug-likeness (QED) is 0.418. The van der Waals surface area contributed by atoms with E-state index in [9.17, 15) is 8.42 Å². The highest BCUT2D eigenvalue weighted by Crippen LogP contribution is 2.15. The van der Waals surface area contributed by atoms with Crippen LogP contribution in [-0.2, 0) is 16.4 Å². The first kappa shape index (κ1) is 21.6. The van der Waals surface area contributed by atoms with Crippen LogP contribution in [-0.4, -0.2) is 50.4 Å². The molecule has 5 nitrogen and oxygen atoms in total. The second-order valence-corrected chi connectivity index (χ2v) is 9.54. The molecule has 0 aromatic carbocycles. The van der Waals surface area contributed by atoms with Crippen LogP contribution in [0.5, 0.6) is 0 Å². The third-order valence-corrected chi connectivity index (χ3v) is 6.50. The minimum atomic E-state index is -3.11. The molecule has 1 rings (SSSR count). The number of nitrogens with zero attached hydrogens (tertiary/aromatic N) is 2. The number of guanidine groups is 1. The lowest BCUT2D eigenvalue weighted by Gasteiger charge is -2.23. The van der Waals surface area contributed by atoms with Gasteiger partial charge in [0.1, 0.15) is 0 Å². The summed E-state index contributed by atoms with van der Waals surface area (Å²) in [6.45, 7) is 6.27. The van der Waals surface area contributed by atoms with Gasteiger partial charge in [-0.15, -0.1) is 24.0 Å². The SMILES string of the molecule is CN=C(NCCS(=O)(=O)C(C)(C)C)N(C)Cc1ccsc1.I. The van der Waals surface area contributed by atoms with Crippen molar-refractivity contribution in [3.05, 3.63) is 22.4 Å². The molecule has 0 aliphatic heterocycles. The van der Waals surface area contributed by atoms with Crippen LogP contribution in [0.2, 0.25) is 0 Å². The van der Waals surface area contributed by atoms with Crippen molar-refractivity contribution in [1.29, 1.82) is 0 Å². The monoisotopic (exact) mass is 459 g/mol. The van der Waals surface area contributed by atoms with E-state index in [0.29, 0.717) is 12.5 Å². The Bertz CT molecular complexity index is 563. The van der Waals surface area contributed by atoms with Gasteiger partial charge in [0.15, 0.2) is 15.8 Å². The molecule has 0 aliphatic rings. The largest absolute Gasteiger partial charge is 0.355 e. The summed E-state index contributed by atoms with van der Waals surface area (Å²) < 4.78 is 23.4. The van der Waals surface area contributed by atoms with Crippen molar-refractivity contribution in [3.8, 4) is 0 Å². The van der Waals surface area contributed by atoms with Crippen LogP contribution in [0.3, 0.4) is 0 Å². The van der Waals surface area contributed by atoms with E-state index in [2.05, 4.69) is 21.8 Å². The van der Waals surface area contributed by atoms with Crippen molar-refractivity contribution in [2.75, 3.05) is 26.4 Å². The molecule has 1 N–H and O–H groups in total. The van der Waals surface area contributed by atoms with Gasteiger partial charge < -0.3 is 10.2 Å². The summed E-state index contributed by atoms with van der Waals surface area (Å²) in [4.78, 5) is 6.17. The van der Waals surface area contributed by atoms with E-state index in [1.165, 1.54) is 5.56 Å². The van der Waals surface area contributed by atoms with Gasteiger partial charge in [-0.25, -0.2) is 8.42 Å². The van der Waals surface area contributed by atoms with Crippen molar-refractivity contribution < 1.29 is 8.42 Å². The van der Waals surface area contributed by atoms with Gasteiger partial charge in [0, 0.05) is 27.2 Å². The van der Waals surface area contributed by atoms with Crippen molar-refractivity contribution in [1.82, 2.24) is 10.2 Å². The molecule has 0 saturated heterocycles. The predicted molar refractivity (Wildman–Crippen MR) is 106 cm³/mol. The van der Waals surface area contributed by atoms with Crippen LogP contribution in [0.1, 0.15) is 26.3 Å². The Balaban J connectivity index is 0.00000441. The molecular formula is C14H26IN3O2S2. The van der Waals surface area contributed by atoms with Gasteiger partial charge in [0.2, 0.25) is 0 Å². The molecule has 0 saturated carbocycles. The zero-order valence-corrected chi connectivity index (χ0v) is 17.8. The standard InChI is InChI=1S/C14H25N3O2S2.HI/c1-14(2,3)21(18,19)9-7-16-13(15-4)17(5)10-12-6-8-20-11-12;/h6,8,11H,7,9-10H2,1-5H3,(H,15,16);1H. The third-order valence-electron chi connectivity index (χ3n) is 3.16. The highest BCUT2D eigenvalue weighted by atomic mass is 127. The zero-order valence-electron chi connectivity index (χ0n) is 13.8. The van der Waals surface area contributed by atoms with Crippen molar-refractivity contribution in [3.63, 3.8) is 0 Å². The van der Waals surface area contributed by atoms with Crippen LogP contribution < -0.4 is 5.32 Å². The fourth-order valence-corrected chi connectivity index (χ4v) is 3.36. The average Bonchev–Trinajstić information content (AvgIpc) is 2.85. The third kappa shape index (κ3) is 6.41. The molecule has 0 bridgehead atoms. The lowest BCUT2D eigenvalue weighted by atomic mass is 10.3. The Kier molecular flexibility index (Phi) is 8.93. The van der Waals surface area contributed by atoms with Crippen molar-refractivity contribution >= 4 is 51.1 Å². The maximum atomic E-state index is 12.1. The van der Waals surface area contributed by atoms with Gasteiger partial charge in [-0.05, 0) is 43.2 Å². The van der Waals surface area contributed by atoms with Crippen LogP contribution in [0.15, 0.2) is 21.8 Å². The Morgan fingerprint density at radius 2 is 2.05 bits per heavy atom. The first-order valence-electron chi connectivity index (χ1n) is 6.82. The normalized spacial score (nSPS) is 12.7. The molecule has 8 heteroatoms. The number of sulfone groups is 1. The first-order valence-corrected chi connectivity index (χ1v) is 9.42. The Hall–Kier alpha value is -0.350. The van der Waals surface area contributed by atoms with Crippen LogP contribution in [0.25, 0.3) is 0 Å². The Labute approximate surface area is 155 Å². The molecule has 0 aliphatic carbocycles. The average molecular weight is 459 g/mol. The molecule has 1 aromatic heterocycles.